The highest BCUT2D eigenvalue weighted by Gasteiger charge is 2.49. The van der Waals surface area contributed by atoms with Gasteiger partial charge in [-0.2, -0.15) is 8.42 Å². The summed E-state index contributed by atoms with van der Waals surface area (Å²) in [4.78, 5) is 41.2. The molecule has 222 valence electrons. The molecule has 1 heterocycles. The minimum absolute atomic E-state index is 0.0192. The predicted octanol–water partition coefficient (Wildman–Crippen LogP) is 6.27. The Morgan fingerprint density at radius 1 is 0.929 bits per heavy atom. The number of carboxylic acids is 1. The van der Waals surface area contributed by atoms with E-state index >= 15 is 0 Å². The van der Waals surface area contributed by atoms with Crippen LogP contribution in [-0.2, 0) is 24.5 Å². The number of allylic oxidation sites excluding steroid dienone is 4. The number of nitrogens with zero attached hydrogens (tertiary/aromatic N) is 1. The van der Waals surface area contributed by atoms with Crippen molar-refractivity contribution in [3.05, 3.63) is 81.7 Å². The van der Waals surface area contributed by atoms with E-state index in [0.717, 1.165) is 11.4 Å². The van der Waals surface area contributed by atoms with E-state index in [9.17, 15) is 27.9 Å². The number of halogens is 1. The standard InChI is InChI=1S/C32H34ClNO7S/c1-31(2)15-22-29(24(35)17-31)28(30-23(34(22)13-12-27(37)38)16-32(3,4)18-25(30)36)19-10-11-26(21(33)14-19)41-42(39,40)20-8-6-5-7-9-20/h5-11,14,28H,12-13,15-18H2,1-4H3,(H,37,38). The average Bonchev–Trinajstić information content (AvgIpc) is 2.87. The molecule has 2 aliphatic carbocycles. The van der Waals surface area contributed by atoms with E-state index < -0.39 is 22.0 Å². The third-order valence-electron chi connectivity index (χ3n) is 8.09. The molecule has 1 N–H and O–H groups in total. The molecule has 0 saturated heterocycles. The van der Waals surface area contributed by atoms with Gasteiger partial charge in [0, 0.05) is 47.8 Å². The van der Waals surface area contributed by atoms with Crippen LogP contribution in [-0.4, -0.2) is 42.5 Å². The first-order chi connectivity index (χ1) is 19.6. The van der Waals surface area contributed by atoms with Crippen LogP contribution < -0.4 is 4.18 Å². The number of carbonyl (C=O) groups excluding carboxylic acids is 2. The Labute approximate surface area is 251 Å². The fraction of sp³-hybridized carbons (Fsp3) is 0.406. The molecule has 0 saturated carbocycles. The number of rotatable bonds is 7. The maximum absolute atomic E-state index is 13.8. The Morgan fingerprint density at radius 3 is 1.98 bits per heavy atom. The molecule has 10 heteroatoms. The molecule has 42 heavy (non-hydrogen) atoms. The van der Waals surface area contributed by atoms with Gasteiger partial charge in [-0.05, 0) is 53.5 Å². The van der Waals surface area contributed by atoms with Crippen molar-refractivity contribution in [3.63, 3.8) is 0 Å². The van der Waals surface area contributed by atoms with E-state index in [0.29, 0.717) is 29.6 Å². The molecule has 0 aromatic heterocycles. The van der Waals surface area contributed by atoms with Crippen molar-refractivity contribution in [3.8, 4) is 5.75 Å². The Bertz CT molecular complexity index is 1600. The molecule has 1 aliphatic heterocycles. The summed E-state index contributed by atoms with van der Waals surface area (Å²) >= 11 is 6.60. The summed E-state index contributed by atoms with van der Waals surface area (Å²) in [6.45, 7) is 8.19. The van der Waals surface area contributed by atoms with Crippen LogP contribution in [0.5, 0.6) is 5.75 Å². The fourth-order valence-electron chi connectivity index (χ4n) is 6.38. The van der Waals surface area contributed by atoms with Crippen LogP contribution in [0.1, 0.15) is 71.3 Å². The van der Waals surface area contributed by atoms with Crippen molar-refractivity contribution in [1.29, 1.82) is 0 Å². The third-order valence-corrected chi connectivity index (χ3v) is 9.64. The highest BCUT2D eigenvalue weighted by atomic mass is 35.5. The summed E-state index contributed by atoms with van der Waals surface area (Å²) < 4.78 is 31.0. The summed E-state index contributed by atoms with van der Waals surface area (Å²) in [5.74, 6) is -1.94. The molecule has 0 atom stereocenters. The molecule has 0 amide bonds. The number of Topliss-reactive ketones (excluding diaryl/α,β-unsaturated/α-hetero) is 2. The van der Waals surface area contributed by atoms with Gasteiger partial charge in [0.15, 0.2) is 17.3 Å². The molecule has 2 aromatic rings. The molecule has 2 aromatic carbocycles. The van der Waals surface area contributed by atoms with E-state index in [1.54, 1.807) is 30.3 Å². The number of ketones is 2. The largest absolute Gasteiger partial charge is 0.481 e. The van der Waals surface area contributed by atoms with E-state index in [1.807, 2.05) is 32.6 Å². The molecule has 0 fully saturated rings. The first-order valence-corrected chi connectivity index (χ1v) is 15.7. The first kappa shape index (κ1) is 30.0. The van der Waals surface area contributed by atoms with Gasteiger partial charge < -0.3 is 14.2 Å². The molecular formula is C32H34ClNO7S. The van der Waals surface area contributed by atoms with Gasteiger partial charge >= 0.3 is 16.1 Å². The van der Waals surface area contributed by atoms with Gasteiger partial charge in [-0.3, -0.25) is 14.4 Å². The summed E-state index contributed by atoms with van der Waals surface area (Å²) in [7, 11) is -4.14. The molecule has 0 unspecified atom stereocenters. The minimum Gasteiger partial charge on any atom is -0.481 e. The Morgan fingerprint density at radius 2 is 1.48 bits per heavy atom. The van der Waals surface area contributed by atoms with Gasteiger partial charge in [0.1, 0.15) is 4.90 Å². The maximum atomic E-state index is 13.8. The second kappa shape index (κ2) is 10.7. The second-order valence-corrected chi connectivity index (χ2v) is 14.8. The monoisotopic (exact) mass is 611 g/mol. The summed E-state index contributed by atoms with van der Waals surface area (Å²) in [6, 6.07) is 12.4. The third kappa shape index (κ3) is 5.77. The Balaban J connectivity index is 1.65. The number of hydrogen-bond donors (Lipinski definition) is 1. The van der Waals surface area contributed by atoms with Crippen LogP contribution in [0, 0.1) is 10.8 Å². The fourth-order valence-corrected chi connectivity index (χ4v) is 7.62. The number of carboxylic acid groups (broad SMARTS) is 1. The van der Waals surface area contributed by atoms with Gasteiger partial charge in [-0.15, -0.1) is 0 Å². The molecule has 5 rings (SSSR count). The number of benzene rings is 2. The van der Waals surface area contributed by atoms with Crippen LogP contribution in [0.15, 0.2) is 76.0 Å². The molecule has 3 aliphatic rings. The lowest BCUT2D eigenvalue weighted by molar-refractivity contribution is -0.137. The molecule has 0 spiro atoms. The summed E-state index contributed by atoms with van der Waals surface area (Å²) in [6.07, 6.45) is 1.50. The minimum atomic E-state index is -4.14. The Hall–Kier alpha value is -3.43. The van der Waals surface area contributed by atoms with Gasteiger partial charge in [0.25, 0.3) is 0 Å². The normalized spacial score (nSPS) is 20.4. The van der Waals surface area contributed by atoms with Crippen LogP contribution >= 0.6 is 11.6 Å². The zero-order valence-corrected chi connectivity index (χ0v) is 25.6. The highest BCUT2D eigenvalue weighted by molar-refractivity contribution is 7.87. The van der Waals surface area contributed by atoms with Crippen molar-refractivity contribution >= 4 is 39.3 Å². The second-order valence-electron chi connectivity index (χ2n) is 12.9. The van der Waals surface area contributed by atoms with Gasteiger partial charge in [0.2, 0.25) is 0 Å². The zero-order valence-electron chi connectivity index (χ0n) is 24.1. The van der Waals surface area contributed by atoms with E-state index in [1.165, 1.54) is 18.2 Å². The average molecular weight is 612 g/mol. The van der Waals surface area contributed by atoms with Gasteiger partial charge in [0.05, 0.1) is 11.4 Å². The number of hydrogen-bond acceptors (Lipinski definition) is 7. The maximum Gasteiger partial charge on any atom is 0.339 e. The topological polar surface area (TPSA) is 118 Å². The smallest absolute Gasteiger partial charge is 0.339 e. The molecular weight excluding hydrogens is 578 g/mol. The number of aliphatic carboxylic acids is 1. The van der Waals surface area contributed by atoms with E-state index in [-0.39, 0.29) is 63.9 Å². The zero-order chi connectivity index (χ0) is 30.6. The van der Waals surface area contributed by atoms with Gasteiger partial charge in [-0.25, -0.2) is 0 Å². The van der Waals surface area contributed by atoms with Crippen LogP contribution in [0.2, 0.25) is 5.02 Å². The molecule has 8 nitrogen and oxygen atoms in total. The molecule has 0 bridgehead atoms. The van der Waals surface area contributed by atoms with Crippen molar-refractivity contribution < 1.29 is 32.1 Å². The van der Waals surface area contributed by atoms with Crippen molar-refractivity contribution in [1.82, 2.24) is 4.90 Å². The summed E-state index contributed by atoms with van der Waals surface area (Å²) in [5, 5.41) is 9.55. The predicted molar refractivity (Wildman–Crippen MR) is 158 cm³/mol. The Kier molecular flexibility index (Phi) is 7.64. The highest BCUT2D eigenvalue weighted by Crippen LogP contribution is 2.54. The lowest BCUT2D eigenvalue weighted by Crippen LogP contribution is -2.45. The first-order valence-electron chi connectivity index (χ1n) is 13.9. The van der Waals surface area contributed by atoms with Gasteiger partial charge in [-0.1, -0.05) is 63.6 Å². The SMILES string of the molecule is CC1(C)CC(=O)C2=C(C1)N(CCC(=O)O)C1=C(C(=O)CC(C)(C)C1)C2c1ccc(OS(=O)(=O)c2ccccc2)c(Cl)c1. The van der Waals surface area contributed by atoms with Crippen LogP contribution in [0.3, 0.4) is 0 Å². The lowest BCUT2D eigenvalue weighted by atomic mass is 9.63. The van der Waals surface area contributed by atoms with Crippen molar-refractivity contribution in [2.75, 3.05) is 6.54 Å². The van der Waals surface area contributed by atoms with Crippen LogP contribution in [0.4, 0.5) is 0 Å². The quantitative estimate of drug-likeness (QED) is 0.364. The van der Waals surface area contributed by atoms with E-state index in [4.69, 9.17) is 15.8 Å². The van der Waals surface area contributed by atoms with Crippen molar-refractivity contribution in [2.45, 2.75) is 70.6 Å². The number of carbonyl (C=O) groups is 3. The van der Waals surface area contributed by atoms with Crippen molar-refractivity contribution in [2.24, 2.45) is 10.8 Å². The van der Waals surface area contributed by atoms with Crippen LogP contribution in [0.25, 0.3) is 0 Å². The van der Waals surface area contributed by atoms with E-state index in [2.05, 4.69) is 0 Å². The summed E-state index contributed by atoms with van der Waals surface area (Å²) in [5.41, 5.74) is 2.32. The molecule has 0 radical (unpaired) electrons. The lowest BCUT2D eigenvalue weighted by Gasteiger charge is -2.49.